The minimum atomic E-state index is -0.724. The number of benzene rings is 1. The second kappa shape index (κ2) is 8.46. The van der Waals surface area contributed by atoms with Gasteiger partial charge in [0, 0.05) is 18.3 Å². The summed E-state index contributed by atoms with van der Waals surface area (Å²) >= 11 is 0. The molecule has 0 spiro atoms. The number of aromatic nitrogens is 4. The van der Waals surface area contributed by atoms with Gasteiger partial charge in [0.15, 0.2) is 6.80 Å². The molecule has 0 aliphatic heterocycles. The fourth-order valence-electron chi connectivity index (χ4n) is 3.76. The number of hydrogen-bond acceptors (Lipinski definition) is 4. The average Bonchev–Trinajstić information content (AvgIpc) is 3.18. The molecule has 146 valence electrons. The van der Waals surface area contributed by atoms with Crippen molar-refractivity contribution in [3.63, 3.8) is 0 Å². The zero-order valence-corrected chi connectivity index (χ0v) is 15.6. The molecule has 1 aliphatic rings. The first-order valence-corrected chi connectivity index (χ1v) is 9.69. The summed E-state index contributed by atoms with van der Waals surface area (Å²) in [5.41, 5.74) is 2.40. The quantitative estimate of drug-likeness (QED) is 0.646. The van der Waals surface area contributed by atoms with Crippen molar-refractivity contribution in [1.29, 1.82) is 0 Å². The minimum Gasteiger partial charge on any atom is -0.354 e. The standard InChI is InChI=1S/C21H23F2N5/c22-13-28-14-26-19(16-6-8-17(23)9-7-16)20(28)18-10-11-24-21(27-18)25-12-15-4-2-1-3-5-15/h6-11,14-15H,1-5,12-13H2,(H,24,25,27). The van der Waals surface area contributed by atoms with Gasteiger partial charge in [-0.15, -0.1) is 0 Å². The Bertz CT molecular complexity index is 917. The molecule has 2 aromatic heterocycles. The van der Waals surface area contributed by atoms with Crippen LogP contribution in [0.4, 0.5) is 14.7 Å². The van der Waals surface area contributed by atoms with Crippen molar-refractivity contribution in [1.82, 2.24) is 19.5 Å². The molecule has 2 heterocycles. The van der Waals surface area contributed by atoms with Crippen LogP contribution in [0.2, 0.25) is 0 Å². The molecule has 5 nitrogen and oxygen atoms in total. The molecule has 28 heavy (non-hydrogen) atoms. The number of hydrogen-bond donors (Lipinski definition) is 1. The normalized spacial score (nSPS) is 14.9. The van der Waals surface area contributed by atoms with Crippen LogP contribution < -0.4 is 5.32 Å². The first-order valence-electron chi connectivity index (χ1n) is 9.69. The van der Waals surface area contributed by atoms with Gasteiger partial charge in [0.1, 0.15) is 5.82 Å². The number of nitrogens with one attached hydrogen (secondary N) is 1. The van der Waals surface area contributed by atoms with Crippen molar-refractivity contribution in [3.8, 4) is 22.6 Å². The lowest BCUT2D eigenvalue weighted by atomic mass is 9.89. The lowest BCUT2D eigenvalue weighted by Crippen LogP contribution is -2.18. The van der Waals surface area contributed by atoms with Gasteiger partial charge in [-0.1, -0.05) is 19.3 Å². The van der Waals surface area contributed by atoms with Crippen molar-refractivity contribution < 1.29 is 8.78 Å². The molecule has 0 bridgehead atoms. The summed E-state index contributed by atoms with van der Waals surface area (Å²) in [7, 11) is 0. The Hall–Kier alpha value is -2.83. The molecule has 0 radical (unpaired) electrons. The van der Waals surface area contributed by atoms with E-state index in [-0.39, 0.29) is 5.82 Å². The first-order chi connectivity index (χ1) is 13.7. The molecular formula is C21H23F2N5. The molecule has 0 saturated heterocycles. The van der Waals surface area contributed by atoms with E-state index < -0.39 is 6.80 Å². The van der Waals surface area contributed by atoms with Gasteiger partial charge in [0.2, 0.25) is 5.95 Å². The molecule has 7 heteroatoms. The summed E-state index contributed by atoms with van der Waals surface area (Å²) in [6.07, 6.45) is 9.45. The summed E-state index contributed by atoms with van der Waals surface area (Å²) in [4.78, 5) is 13.2. The molecule has 4 rings (SSSR count). The molecule has 0 atom stereocenters. The Balaban J connectivity index is 1.61. The van der Waals surface area contributed by atoms with E-state index in [0.717, 1.165) is 6.54 Å². The fourth-order valence-corrected chi connectivity index (χ4v) is 3.76. The monoisotopic (exact) mass is 383 g/mol. The molecule has 1 saturated carbocycles. The maximum Gasteiger partial charge on any atom is 0.223 e. The second-order valence-electron chi connectivity index (χ2n) is 7.19. The van der Waals surface area contributed by atoms with Crippen molar-refractivity contribution in [3.05, 3.63) is 48.7 Å². The highest BCUT2D eigenvalue weighted by Crippen LogP contribution is 2.31. The zero-order chi connectivity index (χ0) is 19.3. The maximum absolute atomic E-state index is 13.6. The third kappa shape index (κ3) is 4.03. The van der Waals surface area contributed by atoms with Crippen LogP contribution in [-0.2, 0) is 6.80 Å². The molecule has 3 aromatic rings. The van der Waals surface area contributed by atoms with Crippen LogP contribution in [0.25, 0.3) is 22.6 Å². The molecular weight excluding hydrogens is 360 g/mol. The number of nitrogens with zero attached hydrogens (tertiary/aromatic N) is 4. The Morgan fingerprint density at radius 3 is 2.57 bits per heavy atom. The van der Waals surface area contributed by atoms with Gasteiger partial charge >= 0.3 is 0 Å². The van der Waals surface area contributed by atoms with Crippen LogP contribution in [0.15, 0.2) is 42.9 Å². The molecule has 0 amide bonds. The number of anilines is 1. The van der Waals surface area contributed by atoms with Crippen molar-refractivity contribution in [2.45, 2.75) is 38.9 Å². The molecule has 1 N–H and O–H groups in total. The summed E-state index contributed by atoms with van der Waals surface area (Å²) in [6.45, 7) is 0.120. The highest BCUT2D eigenvalue weighted by atomic mass is 19.1. The summed E-state index contributed by atoms with van der Waals surface area (Å²) < 4.78 is 28.2. The lowest BCUT2D eigenvalue weighted by Gasteiger charge is -2.21. The van der Waals surface area contributed by atoms with Crippen LogP contribution in [-0.4, -0.2) is 26.1 Å². The van der Waals surface area contributed by atoms with Gasteiger partial charge in [-0.3, -0.25) is 4.57 Å². The third-order valence-electron chi connectivity index (χ3n) is 5.26. The van der Waals surface area contributed by atoms with Crippen LogP contribution in [0.3, 0.4) is 0 Å². The molecule has 1 aliphatic carbocycles. The highest BCUT2D eigenvalue weighted by molar-refractivity contribution is 5.77. The summed E-state index contributed by atoms with van der Waals surface area (Å²) in [5, 5.41) is 3.33. The van der Waals surface area contributed by atoms with Crippen molar-refractivity contribution in [2.24, 2.45) is 5.92 Å². The van der Waals surface area contributed by atoms with Gasteiger partial charge in [-0.05, 0) is 49.1 Å². The van der Waals surface area contributed by atoms with Gasteiger partial charge in [-0.25, -0.2) is 23.7 Å². The predicted octanol–water partition coefficient (Wildman–Crippen LogP) is 5.07. The smallest absolute Gasteiger partial charge is 0.223 e. The SMILES string of the molecule is FCn1cnc(-c2ccc(F)cc2)c1-c1ccnc(NCC2CCCCC2)n1. The predicted molar refractivity (Wildman–Crippen MR) is 105 cm³/mol. The van der Waals surface area contributed by atoms with Crippen LogP contribution in [0.5, 0.6) is 0 Å². The van der Waals surface area contributed by atoms with Gasteiger partial charge in [0.05, 0.1) is 23.4 Å². The number of imidazole rings is 1. The van der Waals surface area contributed by atoms with Gasteiger partial charge in [0.25, 0.3) is 0 Å². The number of alkyl halides is 1. The van der Waals surface area contributed by atoms with Crippen LogP contribution in [0.1, 0.15) is 32.1 Å². The van der Waals surface area contributed by atoms with E-state index in [1.807, 2.05) is 0 Å². The molecule has 1 fully saturated rings. The highest BCUT2D eigenvalue weighted by Gasteiger charge is 2.18. The maximum atomic E-state index is 13.6. The molecule has 0 unspecified atom stereocenters. The molecule has 1 aromatic carbocycles. The van der Waals surface area contributed by atoms with E-state index in [1.54, 1.807) is 24.4 Å². The summed E-state index contributed by atoms with van der Waals surface area (Å²) in [5.74, 6) is 0.846. The van der Waals surface area contributed by atoms with Crippen molar-refractivity contribution in [2.75, 3.05) is 11.9 Å². The van der Waals surface area contributed by atoms with E-state index in [0.29, 0.717) is 34.5 Å². The largest absolute Gasteiger partial charge is 0.354 e. The Labute approximate surface area is 162 Å². The van der Waals surface area contributed by atoms with Gasteiger partial charge in [-0.2, -0.15) is 0 Å². The zero-order valence-electron chi connectivity index (χ0n) is 15.6. The first kappa shape index (κ1) is 18.5. The number of rotatable bonds is 6. The fraction of sp³-hybridized carbons (Fsp3) is 0.381. The summed E-state index contributed by atoms with van der Waals surface area (Å²) in [6, 6.07) is 7.73. The minimum absolute atomic E-state index is 0.327. The Kier molecular flexibility index (Phi) is 5.60. The van der Waals surface area contributed by atoms with E-state index in [2.05, 4.69) is 20.3 Å². The second-order valence-corrected chi connectivity index (χ2v) is 7.19. The van der Waals surface area contributed by atoms with E-state index in [1.165, 1.54) is 55.1 Å². The topological polar surface area (TPSA) is 55.6 Å². The Morgan fingerprint density at radius 1 is 1.04 bits per heavy atom. The number of halogens is 2. The van der Waals surface area contributed by atoms with Gasteiger partial charge < -0.3 is 5.32 Å². The van der Waals surface area contributed by atoms with E-state index in [9.17, 15) is 8.78 Å². The van der Waals surface area contributed by atoms with E-state index in [4.69, 9.17) is 0 Å². The van der Waals surface area contributed by atoms with E-state index >= 15 is 0 Å². The Morgan fingerprint density at radius 2 is 1.82 bits per heavy atom. The van der Waals surface area contributed by atoms with Crippen LogP contribution >= 0.6 is 0 Å². The average molecular weight is 383 g/mol. The third-order valence-corrected chi connectivity index (χ3v) is 5.26. The van der Waals surface area contributed by atoms with Crippen LogP contribution in [0, 0.1) is 11.7 Å². The lowest BCUT2D eigenvalue weighted by molar-refractivity contribution is 0.373. The van der Waals surface area contributed by atoms with Crippen molar-refractivity contribution >= 4 is 5.95 Å².